The third-order valence-electron chi connectivity index (χ3n) is 7.66. The summed E-state index contributed by atoms with van der Waals surface area (Å²) in [5.41, 5.74) is 0. The van der Waals surface area contributed by atoms with E-state index in [0.717, 1.165) is 57.8 Å². The minimum Gasteiger partial charge on any atom is -0.462 e. The lowest BCUT2D eigenvalue weighted by Gasteiger charge is -2.18. The quantitative estimate of drug-likeness (QED) is 0.0306. The number of phosphoric ester groups is 1. The number of hydrogen-bond donors (Lipinski definition) is 2. The van der Waals surface area contributed by atoms with Crippen molar-refractivity contribution in [1.29, 1.82) is 0 Å². The van der Waals surface area contributed by atoms with Gasteiger partial charge < -0.3 is 19.3 Å². The fraction of sp³-hybridized carbons (Fsp3) is 0.784. The van der Waals surface area contributed by atoms with Crippen molar-refractivity contribution >= 4 is 19.8 Å². The highest BCUT2D eigenvalue weighted by Crippen LogP contribution is 2.36. The van der Waals surface area contributed by atoms with Gasteiger partial charge in [-0.05, 0) is 51.4 Å². The highest BCUT2D eigenvalue weighted by Gasteiger charge is 2.22. The number of carbonyl (C=O) groups excluding carboxylic acids is 2. The summed E-state index contributed by atoms with van der Waals surface area (Å²) in [7, 11) is -4.75. The van der Waals surface area contributed by atoms with Crippen molar-refractivity contribution in [3.63, 3.8) is 0 Å². The maximum absolute atomic E-state index is 12.3. The molecule has 0 aliphatic carbocycles. The molecule has 0 bridgehead atoms. The molecule has 0 rings (SSSR count). The second-order valence-electron chi connectivity index (χ2n) is 12.2. The normalized spacial score (nSPS) is 12.9. The molecule has 0 saturated heterocycles. The van der Waals surface area contributed by atoms with Crippen molar-refractivity contribution in [2.75, 3.05) is 13.2 Å². The van der Waals surface area contributed by atoms with Gasteiger partial charge in [0, 0.05) is 12.8 Å². The summed E-state index contributed by atoms with van der Waals surface area (Å²) in [6.07, 6.45) is 37.2. The van der Waals surface area contributed by atoms with Crippen molar-refractivity contribution < 1.29 is 37.9 Å². The molecule has 0 aliphatic rings. The van der Waals surface area contributed by atoms with E-state index in [9.17, 15) is 14.2 Å². The molecule has 0 spiro atoms. The van der Waals surface area contributed by atoms with Crippen LogP contribution in [0.1, 0.15) is 168 Å². The van der Waals surface area contributed by atoms with Crippen molar-refractivity contribution in [2.45, 2.75) is 174 Å². The number of phosphoric acid groups is 1. The van der Waals surface area contributed by atoms with Crippen molar-refractivity contribution in [3.05, 3.63) is 36.5 Å². The Bertz CT molecular complexity index is 848. The Morgan fingerprint density at radius 3 is 1.50 bits per heavy atom. The molecule has 0 aromatic heterocycles. The van der Waals surface area contributed by atoms with E-state index in [-0.39, 0.29) is 19.4 Å². The first-order valence-electron chi connectivity index (χ1n) is 18.3. The van der Waals surface area contributed by atoms with E-state index >= 15 is 0 Å². The van der Waals surface area contributed by atoms with Gasteiger partial charge in [0.2, 0.25) is 0 Å². The van der Waals surface area contributed by atoms with Gasteiger partial charge in [0.15, 0.2) is 6.10 Å². The molecule has 2 N–H and O–H groups in total. The van der Waals surface area contributed by atoms with Crippen LogP contribution in [-0.2, 0) is 28.2 Å². The van der Waals surface area contributed by atoms with Gasteiger partial charge in [0.05, 0.1) is 6.61 Å². The summed E-state index contributed by atoms with van der Waals surface area (Å²) < 4.78 is 26.2. The Morgan fingerprint density at radius 2 is 0.978 bits per heavy atom. The van der Waals surface area contributed by atoms with E-state index in [1.165, 1.54) is 77.0 Å². The van der Waals surface area contributed by atoms with Gasteiger partial charge in [-0.2, -0.15) is 0 Å². The van der Waals surface area contributed by atoms with Crippen LogP contribution in [0, 0.1) is 0 Å². The summed E-state index contributed by atoms with van der Waals surface area (Å²) in [6, 6.07) is 0. The molecule has 268 valence electrons. The number of ether oxygens (including phenoxy) is 2. The molecule has 9 heteroatoms. The summed E-state index contributed by atoms with van der Waals surface area (Å²) in [5.74, 6) is -0.910. The predicted molar refractivity (Wildman–Crippen MR) is 188 cm³/mol. The van der Waals surface area contributed by atoms with Gasteiger partial charge in [-0.1, -0.05) is 140 Å². The minimum absolute atomic E-state index is 0.187. The standard InChI is InChI=1S/C37H67O8P/c1-3-5-7-9-11-13-15-16-17-18-19-20-22-24-26-28-30-32-37(39)45-35(34-44-46(40,41)42)33-43-36(38)31-29-27-25-23-21-14-12-10-8-6-4-2/h11,13,16-17,19-20,35H,3-10,12,14-15,18,21-34H2,1-2H3,(H2,40,41,42)/b13-11-,17-16-,20-19-/t35-/m1/s1. The summed E-state index contributed by atoms with van der Waals surface area (Å²) in [4.78, 5) is 42.6. The summed E-state index contributed by atoms with van der Waals surface area (Å²) >= 11 is 0. The second kappa shape index (κ2) is 33.2. The fourth-order valence-corrected chi connectivity index (χ4v) is 5.27. The van der Waals surface area contributed by atoms with Crippen LogP contribution in [0.25, 0.3) is 0 Å². The first-order valence-corrected chi connectivity index (χ1v) is 19.8. The smallest absolute Gasteiger partial charge is 0.462 e. The largest absolute Gasteiger partial charge is 0.469 e. The fourth-order valence-electron chi connectivity index (χ4n) is 4.91. The van der Waals surface area contributed by atoms with E-state index in [1.54, 1.807) is 0 Å². The van der Waals surface area contributed by atoms with Crippen molar-refractivity contribution in [1.82, 2.24) is 0 Å². The number of carbonyl (C=O) groups is 2. The first kappa shape index (κ1) is 44.3. The predicted octanol–water partition coefficient (Wildman–Crippen LogP) is 10.6. The molecule has 46 heavy (non-hydrogen) atoms. The van der Waals surface area contributed by atoms with Gasteiger partial charge in [-0.15, -0.1) is 0 Å². The Hall–Kier alpha value is -1.73. The number of rotatable bonds is 33. The molecule has 0 unspecified atom stereocenters. The molecule has 1 atom stereocenters. The number of unbranched alkanes of at least 4 members (excludes halogenated alkanes) is 17. The van der Waals surface area contributed by atoms with Crippen LogP contribution in [0.3, 0.4) is 0 Å². The molecule has 0 aromatic carbocycles. The van der Waals surface area contributed by atoms with Crippen LogP contribution >= 0.6 is 7.82 Å². The maximum Gasteiger partial charge on any atom is 0.469 e. The molecule has 0 amide bonds. The van der Waals surface area contributed by atoms with Gasteiger partial charge >= 0.3 is 19.8 Å². The monoisotopic (exact) mass is 670 g/mol. The molecule has 0 saturated carbocycles. The molecule has 0 heterocycles. The third-order valence-corrected chi connectivity index (χ3v) is 8.15. The zero-order valence-electron chi connectivity index (χ0n) is 29.2. The van der Waals surface area contributed by atoms with E-state index in [2.05, 4.69) is 54.8 Å². The lowest BCUT2D eigenvalue weighted by atomic mass is 10.1. The molecular formula is C37H67O8P. The average Bonchev–Trinajstić information content (AvgIpc) is 3.02. The zero-order valence-corrected chi connectivity index (χ0v) is 30.1. The maximum atomic E-state index is 12.3. The van der Waals surface area contributed by atoms with Crippen LogP contribution in [0.2, 0.25) is 0 Å². The van der Waals surface area contributed by atoms with Crippen LogP contribution < -0.4 is 0 Å². The average molecular weight is 671 g/mol. The van der Waals surface area contributed by atoms with E-state index in [0.29, 0.717) is 6.42 Å². The van der Waals surface area contributed by atoms with Gasteiger partial charge in [0.1, 0.15) is 6.61 Å². The molecule has 0 radical (unpaired) electrons. The Balaban J connectivity index is 4.03. The zero-order chi connectivity index (χ0) is 34.0. The highest BCUT2D eigenvalue weighted by atomic mass is 31.2. The third kappa shape index (κ3) is 35.1. The number of allylic oxidation sites excluding steroid dienone is 6. The van der Waals surface area contributed by atoms with Gasteiger partial charge in [0.25, 0.3) is 0 Å². The van der Waals surface area contributed by atoms with Crippen LogP contribution in [0.5, 0.6) is 0 Å². The minimum atomic E-state index is -4.75. The Morgan fingerprint density at radius 1 is 0.565 bits per heavy atom. The van der Waals surface area contributed by atoms with E-state index in [1.807, 2.05) is 0 Å². The molecule has 0 fully saturated rings. The highest BCUT2D eigenvalue weighted by molar-refractivity contribution is 7.46. The van der Waals surface area contributed by atoms with Crippen LogP contribution in [0.4, 0.5) is 0 Å². The number of hydrogen-bond acceptors (Lipinski definition) is 6. The molecule has 0 aromatic rings. The topological polar surface area (TPSA) is 119 Å². The van der Waals surface area contributed by atoms with E-state index in [4.69, 9.17) is 19.3 Å². The summed E-state index contributed by atoms with van der Waals surface area (Å²) in [5, 5.41) is 0. The lowest BCUT2D eigenvalue weighted by Crippen LogP contribution is -2.29. The van der Waals surface area contributed by atoms with Gasteiger partial charge in [-0.3, -0.25) is 14.1 Å². The lowest BCUT2D eigenvalue weighted by molar-refractivity contribution is -0.161. The first-order chi connectivity index (χ1) is 22.3. The van der Waals surface area contributed by atoms with Crippen LogP contribution in [-0.4, -0.2) is 41.0 Å². The Labute approximate surface area is 281 Å². The SMILES string of the molecule is CCCCC/C=C\C/C=C\C/C=C\CCCCCCC(=O)O[C@H](COC(=O)CCCCCCCCCCCCC)COP(=O)(O)O. The van der Waals surface area contributed by atoms with E-state index < -0.39 is 32.5 Å². The molecule has 8 nitrogen and oxygen atoms in total. The molecule has 0 aliphatic heterocycles. The summed E-state index contributed by atoms with van der Waals surface area (Å²) in [6.45, 7) is 3.61. The molecular weight excluding hydrogens is 603 g/mol. The van der Waals surface area contributed by atoms with Crippen molar-refractivity contribution in [3.8, 4) is 0 Å². The van der Waals surface area contributed by atoms with Gasteiger partial charge in [-0.25, -0.2) is 4.57 Å². The Kier molecular flexibility index (Phi) is 31.9. The van der Waals surface area contributed by atoms with Crippen LogP contribution in [0.15, 0.2) is 36.5 Å². The van der Waals surface area contributed by atoms with Crippen molar-refractivity contribution in [2.24, 2.45) is 0 Å². The number of esters is 2. The second-order valence-corrected chi connectivity index (χ2v) is 13.4.